The summed E-state index contributed by atoms with van der Waals surface area (Å²) in [4.78, 5) is 0. The van der Waals surface area contributed by atoms with E-state index in [0.29, 0.717) is 5.75 Å². The van der Waals surface area contributed by atoms with Gasteiger partial charge in [0, 0.05) is 6.42 Å². The Morgan fingerprint density at radius 2 is 1.60 bits per heavy atom. The zero-order chi connectivity index (χ0) is 14.7. The van der Waals surface area contributed by atoms with Gasteiger partial charge in [0.15, 0.2) is 17.5 Å². The van der Waals surface area contributed by atoms with Crippen molar-refractivity contribution in [3.63, 3.8) is 0 Å². The van der Waals surface area contributed by atoms with Crippen LogP contribution in [0.15, 0.2) is 36.4 Å². The Hall–Kier alpha value is -2.01. The number of aliphatic hydroxyl groups is 1. The SMILES string of the molecule is COc1ccc(CC(O)c2cc(F)c(F)c(F)c2)cc1. The number of hydrogen-bond donors (Lipinski definition) is 1. The van der Waals surface area contributed by atoms with Crippen molar-refractivity contribution in [1.29, 1.82) is 0 Å². The van der Waals surface area contributed by atoms with Gasteiger partial charge in [-0.1, -0.05) is 12.1 Å². The first-order valence-corrected chi connectivity index (χ1v) is 5.96. The van der Waals surface area contributed by atoms with Gasteiger partial charge in [0.05, 0.1) is 13.2 Å². The Bertz CT molecular complexity index is 574. The van der Waals surface area contributed by atoms with E-state index >= 15 is 0 Å². The number of aliphatic hydroxyl groups excluding tert-OH is 1. The molecule has 0 aromatic heterocycles. The minimum absolute atomic E-state index is 0.00258. The average molecular weight is 282 g/mol. The van der Waals surface area contributed by atoms with Gasteiger partial charge in [0.25, 0.3) is 0 Å². The van der Waals surface area contributed by atoms with Crippen molar-refractivity contribution in [2.24, 2.45) is 0 Å². The van der Waals surface area contributed by atoms with Gasteiger partial charge in [-0.05, 0) is 35.4 Å². The summed E-state index contributed by atoms with van der Waals surface area (Å²) < 4.78 is 44.0. The van der Waals surface area contributed by atoms with Crippen LogP contribution in [0.1, 0.15) is 17.2 Å². The molecule has 0 aliphatic rings. The third kappa shape index (κ3) is 3.11. The molecule has 0 aliphatic heterocycles. The number of methoxy groups -OCH3 is 1. The van der Waals surface area contributed by atoms with E-state index in [0.717, 1.165) is 17.7 Å². The van der Waals surface area contributed by atoms with Gasteiger partial charge in [-0.15, -0.1) is 0 Å². The molecule has 0 aliphatic carbocycles. The molecule has 0 saturated carbocycles. The van der Waals surface area contributed by atoms with Crippen molar-refractivity contribution in [3.05, 3.63) is 65.0 Å². The molecule has 1 atom stereocenters. The lowest BCUT2D eigenvalue weighted by molar-refractivity contribution is 0.177. The molecule has 1 N–H and O–H groups in total. The minimum Gasteiger partial charge on any atom is -0.497 e. The Morgan fingerprint density at radius 1 is 1.05 bits per heavy atom. The van der Waals surface area contributed by atoms with Gasteiger partial charge in [-0.2, -0.15) is 0 Å². The van der Waals surface area contributed by atoms with E-state index in [1.165, 1.54) is 7.11 Å². The fraction of sp³-hybridized carbons (Fsp3) is 0.200. The van der Waals surface area contributed by atoms with Crippen molar-refractivity contribution in [1.82, 2.24) is 0 Å². The van der Waals surface area contributed by atoms with E-state index in [9.17, 15) is 18.3 Å². The number of halogens is 3. The van der Waals surface area contributed by atoms with Crippen LogP contribution in [0.25, 0.3) is 0 Å². The second kappa shape index (κ2) is 5.96. The molecular weight excluding hydrogens is 269 g/mol. The first kappa shape index (κ1) is 14.4. The lowest BCUT2D eigenvalue weighted by Crippen LogP contribution is -2.04. The van der Waals surface area contributed by atoms with Crippen molar-refractivity contribution in [2.75, 3.05) is 7.11 Å². The number of ether oxygens (including phenoxy) is 1. The molecule has 0 spiro atoms. The van der Waals surface area contributed by atoms with E-state index in [2.05, 4.69) is 0 Å². The maximum Gasteiger partial charge on any atom is 0.194 e. The molecule has 2 aromatic carbocycles. The highest BCUT2D eigenvalue weighted by molar-refractivity contribution is 5.29. The van der Waals surface area contributed by atoms with Gasteiger partial charge in [-0.25, -0.2) is 13.2 Å². The van der Waals surface area contributed by atoms with Crippen molar-refractivity contribution < 1.29 is 23.0 Å². The number of hydrogen-bond acceptors (Lipinski definition) is 2. The van der Waals surface area contributed by atoms with Crippen molar-refractivity contribution >= 4 is 0 Å². The summed E-state index contributed by atoms with van der Waals surface area (Å²) >= 11 is 0. The summed E-state index contributed by atoms with van der Waals surface area (Å²) in [6.07, 6.45) is -0.956. The summed E-state index contributed by atoms with van der Waals surface area (Å²) in [5.74, 6) is -3.49. The summed E-state index contributed by atoms with van der Waals surface area (Å²) in [6, 6.07) is 8.50. The van der Waals surface area contributed by atoms with Gasteiger partial charge < -0.3 is 9.84 Å². The minimum atomic E-state index is -1.54. The highest BCUT2D eigenvalue weighted by Crippen LogP contribution is 2.23. The van der Waals surface area contributed by atoms with Crippen LogP contribution >= 0.6 is 0 Å². The molecule has 2 nitrogen and oxygen atoms in total. The lowest BCUT2D eigenvalue weighted by Gasteiger charge is -2.12. The van der Waals surface area contributed by atoms with Crippen molar-refractivity contribution in [3.8, 4) is 5.75 Å². The molecule has 0 fully saturated rings. The molecule has 0 radical (unpaired) electrons. The third-order valence-corrected chi connectivity index (χ3v) is 2.98. The molecule has 20 heavy (non-hydrogen) atoms. The van der Waals surface area contributed by atoms with Crippen LogP contribution in [0.4, 0.5) is 13.2 Å². The highest BCUT2D eigenvalue weighted by atomic mass is 19.2. The van der Waals surface area contributed by atoms with Crippen molar-refractivity contribution in [2.45, 2.75) is 12.5 Å². The van der Waals surface area contributed by atoms with Gasteiger partial charge in [-0.3, -0.25) is 0 Å². The quantitative estimate of drug-likeness (QED) is 0.871. The Kier molecular flexibility index (Phi) is 4.29. The zero-order valence-corrected chi connectivity index (χ0v) is 10.7. The molecule has 2 aromatic rings. The maximum atomic E-state index is 13.1. The van der Waals surface area contributed by atoms with Crippen LogP contribution in [0.3, 0.4) is 0 Å². The largest absolute Gasteiger partial charge is 0.497 e. The monoisotopic (exact) mass is 282 g/mol. The summed E-state index contributed by atoms with van der Waals surface area (Å²) in [6.45, 7) is 0. The molecule has 5 heteroatoms. The second-order valence-corrected chi connectivity index (χ2v) is 4.37. The van der Waals surface area contributed by atoms with Crippen LogP contribution in [0.5, 0.6) is 5.75 Å². The van der Waals surface area contributed by atoms with Gasteiger partial charge >= 0.3 is 0 Å². The fourth-order valence-corrected chi connectivity index (χ4v) is 1.87. The molecular formula is C15H13F3O2. The van der Waals surface area contributed by atoms with E-state index < -0.39 is 23.6 Å². The zero-order valence-electron chi connectivity index (χ0n) is 10.7. The predicted octanol–water partition coefficient (Wildman–Crippen LogP) is 3.39. The molecule has 0 bridgehead atoms. The first-order valence-electron chi connectivity index (χ1n) is 5.96. The van der Waals surface area contributed by atoms with Gasteiger partial charge in [0.2, 0.25) is 0 Å². The molecule has 0 amide bonds. The Balaban J connectivity index is 2.16. The topological polar surface area (TPSA) is 29.5 Å². The predicted molar refractivity (Wildman–Crippen MR) is 68.0 cm³/mol. The molecule has 2 rings (SSSR count). The van der Waals surface area contributed by atoms with E-state index in [-0.39, 0.29) is 12.0 Å². The molecule has 1 unspecified atom stereocenters. The summed E-state index contributed by atoms with van der Waals surface area (Å²) in [5.41, 5.74) is 0.764. The highest BCUT2D eigenvalue weighted by Gasteiger charge is 2.16. The second-order valence-electron chi connectivity index (χ2n) is 4.37. The van der Waals surface area contributed by atoms with Crippen LogP contribution < -0.4 is 4.74 Å². The molecule has 106 valence electrons. The van der Waals surface area contributed by atoms with E-state index in [4.69, 9.17) is 4.74 Å². The Morgan fingerprint density at radius 3 is 2.10 bits per heavy atom. The van der Waals surface area contributed by atoms with E-state index in [1.54, 1.807) is 24.3 Å². The normalized spacial score (nSPS) is 12.2. The Labute approximate surface area is 114 Å². The van der Waals surface area contributed by atoms with Gasteiger partial charge in [0.1, 0.15) is 5.75 Å². The number of rotatable bonds is 4. The third-order valence-electron chi connectivity index (χ3n) is 2.98. The van der Waals surface area contributed by atoms with Crippen LogP contribution in [-0.4, -0.2) is 12.2 Å². The molecule has 0 heterocycles. The first-order chi connectivity index (χ1) is 9.51. The lowest BCUT2D eigenvalue weighted by atomic mass is 10.0. The summed E-state index contributed by atoms with van der Waals surface area (Å²) in [7, 11) is 1.54. The smallest absolute Gasteiger partial charge is 0.194 e. The maximum absolute atomic E-state index is 13.1. The standard InChI is InChI=1S/C15H13F3O2/c1-20-11-4-2-9(3-5-11)6-14(19)10-7-12(16)15(18)13(17)8-10/h2-5,7-8,14,19H,6H2,1H3. The number of benzene rings is 2. The van der Waals surface area contributed by atoms with Crippen LogP contribution in [-0.2, 0) is 6.42 Å². The molecule has 0 saturated heterocycles. The fourth-order valence-electron chi connectivity index (χ4n) is 1.87. The van der Waals surface area contributed by atoms with Crippen LogP contribution in [0, 0.1) is 17.5 Å². The summed E-state index contributed by atoms with van der Waals surface area (Å²) in [5, 5.41) is 9.95. The average Bonchev–Trinajstić information content (AvgIpc) is 2.45. The van der Waals surface area contributed by atoms with Crippen LogP contribution in [0.2, 0.25) is 0 Å². The van der Waals surface area contributed by atoms with E-state index in [1.807, 2.05) is 0 Å².